The second kappa shape index (κ2) is 7.67. The van der Waals surface area contributed by atoms with Crippen LogP contribution in [0.5, 0.6) is 5.75 Å². The van der Waals surface area contributed by atoms with Crippen molar-refractivity contribution >= 4 is 9.84 Å². The maximum absolute atomic E-state index is 13.3. The summed E-state index contributed by atoms with van der Waals surface area (Å²) in [6, 6.07) is 8.31. The van der Waals surface area contributed by atoms with Crippen molar-refractivity contribution in [1.82, 2.24) is 9.88 Å². The molecule has 31 heavy (non-hydrogen) atoms. The normalized spacial score (nSPS) is 23.3. The summed E-state index contributed by atoms with van der Waals surface area (Å²) in [5.41, 5.74) is 0.882. The molecule has 1 aromatic carbocycles. The number of piperidine rings is 1. The van der Waals surface area contributed by atoms with Gasteiger partial charge in [0.1, 0.15) is 10.5 Å². The zero-order chi connectivity index (χ0) is 22.4. The summed E-state index contributed by atoms with van der Waals surface area (Å²) in [6.07, 6.45) is -3.83. The van der Waals surface area contributed by atoms with Crippen LogP contribution >= 0.6 is 0 Å². The summed E-state index contributed by atoms with van der Waals surface area (Å²) in [5, 5.41) is 3.22. The molecule has 3 heterocycles. The standard InChI is InChI=1S/C21H23F3N2O4S/c1-2-9-31(28,29)20-10-14(11-25-13-20)12-26-18(20)8-7-17(19(26)27)15-3-5-16(6-4-15)30-21(22,23)24/h3-8,14,25H,2,9-13H2,1H3. The van der Waals surface area contributed by atoms with Gasteiger partial charge in [-0.3, -0.25) is 4.79 Å². The highest BCUT2D eigenvalue weighted by Gasteiger charge is 2.52. The molecule has 1 fully saturated rings. The van der Waals surface area contributed by atoms with E-state index in [0.717, 1.165) is 12.1 Å². The summed E-state index contributed by atoms with van der Waals surface area (Å²) in [4.78, 5) is 13.3. The van der Waals surface area contributed by atoms with E-state index >= 15 is 0 Å². The minimum atomic E-state index is -4.79. The van der Waals surface area contributed by atoms with Crippen molar-refractivity contribution in [3.8, 4) is 16.9 Å². The molecule has 0 radical (unpaired) electrons. The number of alkyl halides is 3. The lowest BCUT2D eigenvalue weighted by Gasteiger charge is -2.46. The molecule has 10 heteroatoms. The van der Waals surface area contributed by atoms with Crippen LogP contribution in [-0.2, 0) is 21.1 Å². The maximum Gasteiger partial charge on any atom is 0.573 e. The third-order valence-corrected chi connectivity index (χ3v) is 8.67. The number of sulfone groups is 1. The van der Waals surface area contributed by atoms with Crippen molar-refractivity contribution in [3.63, 3.8) is 0 Å². The SMILES string of the molecule is CCCS(=O)(=O)C12CNCC(Cn3c1ccc(-c1ccc(OC(F)(F)F)cc1)c3=O)C2. The highest BCUT2D eigenvalue weighted by molar-refractivity contribution is 7.92. The van der Waals surface area contributed by atoms with Crippen LogP contribution in [0.2, 0.25) is 0 Å². The molecule has 2 aliphatic heterocycles. The second-order valence-corrected chi connectivity index (χ2v) is 10.6. The van der Waals surface area contributed by atoms with E-state index in [1.54, 1.807) is 12.1 Å². The van der Waals surface area contributed by atoms with Crippen molar-refractivity contribution < 1.29 is 26.3 Å². The van der Waals surface area contributed by atoms with E-state index in [1.807, 2.05) is 6.92 Å². The van der Waals surface area contributed by atoms with E-state index in [2.05, 4.69) is 10.1 Å². The lowest BCUT2D eigenvalue weighted by molar-refractivity contribution is -0.274. The maximum atomic E-state index is 13.3. The third-order valence-electron chi connectivity index (χ3n) is 6.01. The largest absolute Gasteiger partial charge is 0.573 e. The molecular weight excluding hydrogens is 433 g/mol. The minimum absolute atomic E-state index is 0.00314. The highest BCUT2D eigenvalue weighted by atomic mass is 32.2. The number of nitrogens with one attached hydrogen (secondary N) is 1. The molecule has 0 amide bonds. The summed E-state index contributed by atoms with van der Waals surface area (Å²) < 4.78 is 67.9. The lowest BCUT2D eigenvalue weighted by Crippen LogP contribution is -2.58. The monoisotopic (exact) mass is 456 g/mol. The van der Waals surface area contributed by atoms with Gasteiger partial charge in [-0.05, 0) is 55.1 Å². The van der Waals surface area contributed by atoms with Crippen molar-refractivity contribution in [2.45, 2.75) is 37.4 Å². The molecule has 0 spiro atoms. The van der Waals surface area contributed by atoms with Crippen LogP contribution < -0.4 is 15.6 Å². The summed E-state index contributed by atoms with van der Waals surface area (Å²) in [7, 11) is -3.50. The van der Waals surface area contributed by atoms with E-state index in [-0.39, 0.29) is 29.5 Å². The first-order chi connectivity index (χ1) is 14.6. The van der Waals surface area contributed by atoms with Crippen LogP contribution in [0.3, 0.4) is 0 Å². The second-order valence-electron chi connectivity index (χ2n) is 8.13. The number of rotatable bonds is 5. The van der Waals surface area contributed by atoms with Gasteiger partial charge in [0.2, 0.25) is 0 Å². The van der Waals surface area contributed by atoms with Crippen LogP contribution in [0.1, 0.15) is 25.5 Å². The number of hydrogen-bond acceptors (Lipinski definition) is 5. The first kappa shape index (κ1) is 21.9. The number of halogens is 3. The van der Waals surface area contributed by atoms with Crippen molar-refractivity contribution in [2.75, 3.05) is 18.8 Å². The Morgan fingerprint density at radius 3 is 2.55 bits per heavy atom. The van der Waals surface area contributed by atoms with E-state index in [4.69, 9.17) is 0 Å². The molecule has 1 aromatic heterocycles. The number of nitrogens with zero attached hydrogens (tertiary/aromatic N) is 1. The number of ether oxygens (including phenoxy) is 1. The molecule has 2 atom stereocenters. The summed E-state index contributed by atoms with van der Waals surface area (Å²) in [6.45, 7) is 3.10. The predicted octanol–water partition coefficient (Wildman–Crippen LogP) is 3.06. The Balaban J connectivity index is 1.78. The van der Waals surface area contributed by atoms with Gasteiger partial charge in [0, 0.05) is 24.3 Å². The van der Waals surface area contributed by atoms with E-state index in [9.17, 15) is 26.4 Å². The molecule has 2 bridgehead atoms. The zero-order valence-corrected chi connectivity index (χ0v) is 17.7. The fourth-order valence-corrected chi connectivity index (χ4v) is 6.98. The molecule has 0 aliphatic carbocycles. The molecule has 2 aliphatic rings. The molecule has 1 saturated heterocycles. The highest BCUT2D eigenvalue weighted by Crippen LogP contribution is 2.43. The molecule has 2 aromatic rings. The van der Waals surface area contributed by atoms with Crippen LogP contribution in [0.4, 0.5) is 13.2 Å². The number of benzene rings is 1. The Morgan fingerprint density at radius 1 is 1.19 bits per heavy atom. The minimum Gasteiger partial charge on any atom is -0.406 e. The number of pyridine rings is 1. The molecule has 2 unspecified atom stereocenters. The van der Waals surface area contributed by atoms with Crippen LogP contribution in [0, 0.1) is 5.92 Å². The third kappa shape index (κ3) is 3.87. The zero-order valence-electron chi connectivity index (χ0n) is 16.9. The smallest absolute Gasteiger partial charge is 0.406 e. The Labute approximate surface area is 178 Å². The summed E-state index contributed by atoms with van der Waals surface area (Å²) >= 11 is 0. The van der Waals surface area contributed by atoms with Gasteiger partial charge in [-0.25, -0.2) is 8.42 Å². The fourth-order valence-electron chi connectivity index (χ4n) is 4.74. The van der Waals surface area contributed by atoms with Gasteiger partial charge in [0.25, 0.3) is 5.56 Å². The van der Waals surface area contributed by atoms with Gasteiger partial charge >= 0.3 is 6.36 Å². The van der Waals surface area contributed by atoms with Crippen molar-refractivity contribution in [3.05, 3.63) is 52.4 Å². The van der Waals surface area contributed by atoms with Crippen molar-refractivity contribution in [2.24, 2.45) is 5.92 Å². The Morgan fingerprint density at radius 2 is 1.90 bits per heavy atom. The number of aromatic nitrogens is 1. The summed E-state index contributed by atoms with van der Waals surface area (Å²) in [5.74, 6) is -0.333. The average molecular weight is 456 g/mol. The van der Waals surface area contributed by atoms with E-state index in [0.29, 0.717) is 42.8 Å². The molecule has 0 saturated carbocycles. The Bertz CT molecular complexity index is 1140. The first-order valence-corrected chi connectivity index (χ1v) is 11.7. The van der Waals surface area contributed by atoms with Gasteiger partial charge < -0.3 is 14.6 Å². The van der Waals surface area contributed by atoms with Gasteiger partial charge in [0.05, 0.1) is 5.75 Å². The van der Waals surface area contributed by atoms with E-state index in [1.165, 1.54) is 16.7 Å². The lowest BCUT2D eigenvalue weighted by atomic mass is 9.83. The van der Waals surface area contributed by atoms with Gasteiger partial charge in [0.15, 0.2) is 9.84 Å². The van der Waals surface area contributed by atoms with Crippen molar-refractivity contribution in [1.29, 1.82) is 0 Å². The topological polar surface area (TPSA) is 77.4 Å². The molecular formula is C21H23F3N2O4S. The van der Waals surface area contributed by atoms with Gasteiger partial charge in [-0.2, -0.15) is 0 Å². The van der Waals surface area contributed by atoms with Gasteiger partial charge in [-0.1, -0.05) is 19.1 Å². The Kier molecular flexibility index (Phi) is 5.41. The van der Waals surface area contributed by atoms with Gasteiger partial charge in [-0.15, -0.1) is 13.2 Å². The molecule has 6 nitrogen and oxygen atoms in total. The number of hydrogen-bond donors (Lipinski definition) is 1. The quantitative estimate of drug-likeness (QED) is 0.749. The predicted molar refractivity (Wildman–Crippen MR) is 110 cm³/mol. The molecule has 1 N–H and O–H groups in total. The number of fused-ring (bicyclic) bond motifs is 4. The van der Waals surface area contributed by atoms with Crippen LogP contribution in [0.15, 0.2) is 41.2 Å². The van der Waals surface area contributed by atoms with E-state index < -0.39 is 20.9 Å². The molecule has 4 rings (SSSR count). The molecule has 168 valence electrons. The fraction of sp³-hybridized carbons (Fsp3) is 0.476. The Hall–Kier alpha value is -2.33. The average Bonchev–Trinajstić information content (AvgIpc) is 2.68. The first-order valence-electron chi connectivity index (χ1n) is 10.1. The van der Waals surface area contributed by atoms with Crippen LogP contribution in [0.25, 0.3) is 11.1 Å². The van der Waals surface area contributed by atoms with Crippen LogP contribution in [-0.4, -0.2) is 38.2 Å².